The van der Waals surface area contributed by atoms with Crippen LogP contribution in [0.3, 0.4) is 0 Å². The van der Waals surface area contributed by atoms with Gasteiger partial charge < -0.3 is 27.0 Å². The first-order valence-corrected chi connectivity index (χ1v) is 12.6. The van der Waals surface area contributed by atoms with Gasteiger partial charge in [-0.05, 0) is 55.5 Å². The first kappa shape index (κ1) is 32.9. The fourth-order valence-corrected chi connectivity index (χ4v) is 3.95. The molecule has 3 aromatic carbocycles. The molecule has 0 bridgehead atoms. The normalized spacial score (nSPS) is 11.7. The number of anilines is 1. The highest BCUT2D eigenvalue weighted by Gasteiger charge is 2.22. The molecule has 0 heterocycles. The summed E-state index contributed by atoms with van der Waals surface area (Å²) in [6.45, 7) is 1.36. The van der Waals surface area contributed by atoms with Gasteiger partial charge >= 0.3 is 6.03 Å². The molecule has 3 rings (SSSR count). The number of para-hydroxylation sites is 1. The van der Waals surface area contributed by atoms with Gasteiger partial charge in [0, 0.05) is 24.8 Å². The second-order valence-electron chi connectivity index (χ2n) is 8.78. The predicted octanol–water partition coefficient (Wildman–Crippen LogP) is 4.67. The summed E-state index contributed by atoms with van der Waals surface area (Å²) in [6, 6.07) is 28.6. The highest BCUT2D eigenvalue weighted by molar-refractivity contribution is 5.89. The molecule has 0 aliphatic carbocycles. The number of halogens is 2. The van der Waals surface area contributed by atoms with E-state index >= 15 is 0 Å². The van der Waals surface area contributed by atoms with Gasteiger partial charge in [-0.3, -0.25) is 4.79 Å². The number of urea groups is 1. The molecule has 0 saturated heterocycles. The minimum absolute atomic E-state index is 0. The molecule has 3 amide bonds. The number of hydrogen-bond acceptors (Lipinski definition) is 4. The van der Waals surface area contributed by atoms with Crippen LogP contribution in [-0.4, -0.2) is 37.1 Å². The third kappa shape index (κ3) is 12.4. The molecule has 0 aromatic heterocycles. The van der Waals surface area contributed by atoms with E-state index in [2.05, 4.69) is 33.4 Å². The average Bonchev–Trinajstić information content (AvgIpc) is 2.92. The molecule has 7 nitrogen and oxygen atoms in total. The Balaban J connectivity index is 0.00000361. The van der Waals surface area contributed by atoms with Crippen molar-refractivity contribution in [2.24, 2.45) is 5.73 Å². The minimum Gasteiger partial charge on any atom is -0.351 e. The van der Waals surface area contributed by atoms with E-state index in [9.17, 15) is 9.59 Å². The average molecular weight is 561 g/mol. The Morgan fingerprint density at radius 1 is 0.737 bits per heavy atom. The van der Waals surface area contributed by atoms with Crippen molar-refractivity contribution in [1.29, 1.82) is 0 Å². The Kier molecular flexibility index (Phi) is 16.5. The quantitative estimate of drug-likeness (QED) is 0.198. The van der Waals surface area contributed by atoms with E-state index in [0.717, 1.165) is 30.5 Å². The summed E-state index contributed by atoms with van der Waals surface area (Å²) in [7, 11) is 0. The summed E-state index contributed by atoms with van der Waals surface area (Å²) in [4.78, 5) is 25.6. The van der Waals surface area contributed by atoms with Crippen LogP contribution in [0, 0.1) is 0 Å². The lowest BCUT2D eigenvalue weighted by Gasteiger charge is -2.26. The molecular weight excluding hydrogens is 521 g/mol. The Labute approximate surface area is 238 Å². The highest BCUT2D eigenvalue weighted by atomic mass is 35.5. The zero-order valence-electron chi connectivity index (χ0n) is 21.5. The Morgan fingerprint density at radius 2 is 1.32 bits per heavy atom. The Bertz CT molecular complexity index is 1040. The molecule has 0 aliphatic heterocycles. The molecule has 3 aromatic rings. The lowest BCUT2D eigenvalue weighted by molar-refractivity contribution is -0.123. The van der Waals surface area contributed by atoms with Crippen LogP contribution in [0.1, 0.15) is 30.4 Å². The number of carbonyl (C=O) groups excluding carboxylic acids is 2. The fourth-order valence-electron chi connectivity index (χ4n) is 3.95. The van der Waals surface area contributed by atoms with E-state index in [1.54, 1.807) is 0 Å². The first-order valence-electron chi connectivity index (χ1n) is 12.6. The monoisotopic (exact) mass is 559 g/mol. The number of rotatable bonds is 14. The van der Waals surface area contributed by atoms with Crippen LogP contribution < -0.4 is 27.0 Å². The maximum atomic E-state index is 13.1. The van der Waals surface area contributed by atoms with Gasteiger partial charge in [-0.1, -0.05) is 78.9 Å². The van der Waals surface area contributed by atoms with Crippen molar-refractivity contribution < 1.29 is 9.59 Å². The van der Waals surface area contributed by atoms with Gasteiger partial charge in [0.25, 0.3) is 0 Å². The van der Waals surface area contributed by atoms with E-state index in [4.69, 9.17) is 5.73 Å². The number of nitrogens with two attached hydrogens (primary N) is 1. The fraction of sp³-hybridized carbons (Fsp3) is 0.310. The lowest BCUT2D eigenvalue weighted by atomic mass is 10.0. The molecule has 0 fully saturated rings. The molecule has 6 N–H and O–H groups in total. The van der Waals surface area contributed by atoms with Gasteiger partial charge in [0.1, 0.15) is 0 Å². The number of amides is 3. The lowest BCUT2D eigenvalue weighted by Crippen LogP contribution is -2.52. The van der Waals surface area contributed by atoms with Crippen LogP contribution in [0.4, 0.5) is 10.5 Å². The van der Waals surface area contributed by atoms with Crippen molar-refractivity contribution in [3.8, 4) is 0 Å². The van der Waals surface area contributed by atoms with E-state index in [1.807, 2.05) is 78.9 Å². The van der Waals surface area contributed by atoms with Crippen LogP contribution in [-0.2, 0) is 17.8 Å². The molecule has 9 heteroatoms. The van der Waals surface area contributed by atoms with Crippen molar-refractivity contribution in [2.75, 3.05) is 18.4 Å². The zero-order valence-corrected chi connectivity index (χ0v) is 23.1. The van der Waals surface area contributed by atoms with E-state index < -0.39 is 6.04 Å². The first-order chi connectivity index (χ1) is 17.6. The maximum Gasteiger partial charge on any atom is 0.319 e. The standard InChI is InChI=1S/C29H37N5O2.2ClH/c30-20-10-17-27(28(35)31-21-24-13-6-2-7-14-24)33-26(19-18-23-11-4-1-5-12-23)22-32-29(36)34-25-15-8-3-9-16-25;;/h1-9,11-16,26-27,33H,10,17-22,30H2,(H,31,35)(H2,32,34,36);2*1H/t26-,27+;;/m1../s1. The maximum absolute atomic E-state index is 13.1. The van der Waals surface area contributed by atoms with Crippen molar-refractivity contribution in [2.45, 2.75) is 44.3 Å². The molecule has 0 radical (unpaired) electrons. The minimum atomic E-state index is -0.406. The van der Waals surface area contributed by atoms with E-state index in [-0.39, 0.29) is 42.8 Å². The SMILES string of the molecule is Cl.Cl.NCCC[C@H](N[C@H](CCc1ccccc1)CNC(=O)Nc1ccccc1)C(=O)NCc1ccccc1. The van der Waals surface area contributed by atoms with Gasteiger partial charge in [0.05, 0.1) is 6.04 Å². The second-order valence-corrected chi connectivity index (χ2v) is 8.78. The third-order valence-corrected chi connectivity index (χ3v) is 5.92. The summed E-state index contributed by atoms with van der Waals surface area (Å²) in [6.07, 6.45) is 2.94. The number of carbonyl (C=O) groups is 2. The second kappa shape index (κ2) is 19.0. The van der Waals surface area contributed by atoms with Gasteiger partial charge in [-0.2, -0.15) is 0 Å². The van der Waals surface area contributed by atoms with Crippen molar-refractivity contribution in [1.82, 2.24) is 16.0 Å². The Hall–Kier alpha value is -3.10. The largest absolute Gasteiger partial charge is 0.351 e. The van der Waals surface area contributed by atoms with Crippen LogP contribution in [0.15, 0.2) is 91.0 Å². The van der Waals surface area contributed by atoms with Gasteiger partial charge in [0.15, 0.2) is 0 Å². The van der Waals surface area contributed by atoms with Crippen LogP contribution in [0.5, 0.6) is 0 Å². The smallest absolute Gasteiger partial charge is 0.319 e. The van der Waals surface area contributed by atoms with Crippen molar-refractivity contribution >= 4 is 42.4 Å². The van der Waals surface area contributed by atoms with Crippen LogP contribution in [0.25, 0.3) is 0 Å². The third-order valence-electron chi connectivity index (χ3n) is 5.92. The summed E-state index contributed by atoms with van der Waals surface area (Å²) >= 11 is 0. The molecule has 0 saturated carbocycles. The molecule has 38 heavy (non-hydrogen) atoms. The molecule has 206 valence electrons. The van der Waals surface area contributed by atoms with Gasteiger partial charge in [0.2, 0.25) is 5.91 Å². The Morgan fingerprint density at radius 3 is 1.92 bits per heavy atom. The predicted molar refractivity (Wildman–Crippen MR) is 160 cm³/mol. The summed E-state index contributed by atoms with van der Waals surface area (Å²) in [5.74, 6) is -0.0641. The topological polar surface area (TPSA) is 108 Å². The van der Waals surface area contributed by atoms with Crippen molar-refractivity contribution in [3.05, 3.63) is 102 Å². The van der Waals surface area contributed by atoms with Crippen LogP contribution >= 0.6 is 24.8 Å². The molecule has 0 spiro atoms. The number of aryl methyl sites for hydroxylation is 1. The van der Waals surface area contributed by atoms with E-state index in [0.29, 0.717) is 26.1 Å². The highest BCUT2D eigenvalue weighted by Crippen LogP contribution is 2.09. The van der Waals surface area contributed by atoms with Gasteiger partial charge in [-0.25, -0.2) is 4.79 Å². The molecule has 0 unspecified atom stereocenters. The molecule has 2 atom stereocenters. The molecule has 0 aliphatic rings. The van der Waals surface area contributed by atoms with E-state index in [1.165, 1.54) is 5.56 Å². The summed E-state index contributed by atoms with van der Waals surface area (Å²) in [5, 5.41) is 12.4. The summed E-state index contributed by atoms with van der Waals surface area (Å²) in [5.41, 5.74) is 8.74. The zero-order chi connectivity index (χ0) is 25.4. The van der Waals surface area contributed by atoms with Crippen molar-refractivity contribution in [3.63, 3.8) is 0 Å². The van der Waals surface area contributed by atoms with Gasteiger partial charge in [-0.15, -0.1) is 24.8 Å². The number of hydrogen-bond donors (Lipinski definition) is 5. The number of nitrogens with one attached hydrogen (secondary N) is 4. The summed E-state index contributed by atoms with van der Waals surface area (Å²) < 4.78 is 0. The van der Waals surface area contributed by atoms with Crippen LogP contribution in [0.2, 0.25) is 0 Å². The molecular formula is C29H39Cl2N5O2. The number of benzene rings is 3.